The second-order valence-electron chi connectivity index (χ2n) is 7.16. The first-order valence-electron chi connectivity index (χ1n) is 9.00. The highest BCUT2D eigenvalue weighted by Crippen LogP contribution is 2.32. The fourth-order valence-electron chi connectivity index (χ4n) is 3.49. The zero-order valence-corrected chi connectivity index (χ0v) is 15.7. The third-order valence-electron chi connectivity index (χ3n) is 5.08. The van der Waals surface area contributed by atoms with E-state index < -0.39 is 0 Å². The molecule has 1 aliphatic heterocycles. The molecule has 0 N–H and O–H groups in total. The average Bonchev–Trinajstić information content (AvgIpc) is 3.26. The Kier molecular flexibility index (Phi) is 4.92. The van der Waals surface area contributed by atoms with Crippen LogP contribution in [0.1, 0.15) is 73.7 Å². The summed E-state index contributed by atoms with van der Waals surface area (Å²) in [5.41, 5.74) is 3.30. The van der Waals surface area contributed by atoms with Gasteiger partial charge < -0.3 is 9.42 Å². The maximum atomic E-state index is 12.8. The molecule has 3 heterocycles. The lowest BCUT2D eigenvalue weighted by molar-refractivity contribution is -0.132. The number of carbonyl (C=O) groups is 1. The Labute approximate surface area is 148 Å². The summed E-state index contributed by atoms with van der Waals surface area (Å²) in [6.07, 6.45) is 3.06. The van der Waals surface area contributed by atoms with Crippen LogP contribution in [-0.2, 0) is 18.3 Å². The lowest BCUT2D eigenvalue weighted by atomic mass is 10.1. The third-order valence-corrected chi connectivity index (χ3v) is 5.08. The van der Waals surface area contributed by atoms with Gasteiger partial charge in [-0.3, -0.25) is 9.48 Å². The molecule has 1 aliphatic rings. The van der Waals surface area contributed by atoms with Crippen LogP contribution in [0, 0.1) is 13.8 Å². The zero-order chi connectivity index (χ0) is 18.1. The molecular weight excluding hydrogens is 318 g/mol. The van der Waals surface area contributed by atoms with E-state index in [2.05, 4.69) is 15.2 Å². The van der Waals surface area contributed by atoms with Gasteiger partial charge in [0.2, 0.25) is 11.8 Å². The van der Waals surface area contributed by atoms with Crippen LogP contribution < -0.4 is 0 Å². The molecular formula is C18H27N5O2. The van der Waals surface area contributed by atoms with Crippen molar-refractivity contribution in [3.8, 4) is 0 Å². The average molecular weight is 345 g/mol. The molecule has 0 aromatic carbocycles. The molecule has 0 aliphatic carbocycles. The zero-order valence-electron chi connectivity index (χ0n) is 15.7. The molecule has 7 nitrogen and oxygen atoms in total. The maximum absolute atomic E-state index is 12.8. The summed E-state index contributed by atoms with van der Waals surface area (Å²) < 4.78 is 7.30. The summed E-state index contributed by atoms with van der Waals surface area (Å²) in [5, 5.41) is 8.46. The minimum absolute atomic E-state index is 0.0800. The number of aromatic nitrogens is 4. The minimum atomic E-state index is -0.0800. The van der Waals surface area contributed by atoms with E-state index in [-0.39, 0.29) is 17.9 Å². The van der Waals surface area contributed by atoms with Crippen LogP contribution in [0.4, 0.5) is 0 Å². The van der Waals surface area contributed by atoms with E-state index in [1.807, 2.05) is 44.3 Å². The second kappa shape index (κ2) is 6.98. The number of amides is 1. The van der Waals surface area contributed by atoms with Crippen LogP contribution in [0.15, 0.2) is 4.52 Å². The molecule has 0 radical (unpaired) electrons. The van der Waals surface area contributed by atoms with Gasteiger partial charge in [-0.15, -0.1) is 0 Å². The quantitative estimate of drug-likeness (QED) is 0.833. The maximum Gasteiger partial charge on any atom is 0.249 e. The molecule has 1 fully saturated rings. The number of hydrogen-bond acceptors (Lipinski definition) is 5. The van der Waals surface area contributed by atoms with Gasteiger partial charge in [0.15, 0.2) is 5.82 Å². The summed E-state index contributed by atoms with van der Waals surface area (Å²) in [7, 11) is 1.94. The van der Waals surface area contributed by atoms with E-state index in [9.17, 15) is 4.79 Å². The van der Waals surface area contributed by atoms with Crippen LogP contribution in [0.5, 0.6) is 0 Å². The molecule has 136 valence electrons. The molecule has 0 saturated carbocycles. The smallest absolute Gasteiger partial charge is 0.249 e. The predicted octanol–water partition coefficient (Wildman–Crippen LogP) is 2.84. The summed E-state index contributed by atoms with van der Waals surface area (Å²) in [6.45, 7) is 8.87. The van der Waals surface area contributed by atoms with Crippen molar-refractivity contribution >= 4 is 5.91 Å². The van der Waals surface area contributed by atoms with Crippen LogP contribution >= 0.6 is 0 Å². The highest BCUT2D eigenvalue weighted by molar-refractivity contribution is 5.77. The molecule has 1 atom stereocenters. The van der Waals surface area contributed by atoms with Gasteiger partial charge in [-0.1, -0.05) is 19.0 Å². The van der Waals surface area contributed by atoms with E-state index in [1.165, 1.54) is 5.56 Å². The second-order valence-corrected chi connectivity index (χ2v) is 7.16. The van der Waals surface area contributed by atoms with Gasteiger partial charge in [0, 0.05) is 31.6 Å². The number of likely N-dealkylation sites (tertiary alicyclic amines) is 1. The van der Waals surface area contributed by atoms with E-state index in [1.54, 1.807) is 0 Å². The Morgan fingerprint density at radius 3 is 2.72 bits per heavy atom. The Balaban J connectivity index is 1.68. The van der Waals surface area contributed by atoms with E-state index in [4.69, 9.17) is 4.52 Å². The third kappa shape index (κ3) is 3.45. The summed E-state index contributed by atoms with van der Waals surface area (Å²) in [5.74, 6) is 1.65. The fourth-order valence-corrected chi connectivity index (χ4v) is 3.49. The van der Waals surface area contributed by atoms with Gasteiger partial charge in [-0.25, -0.2) is 0 Å². The Morgan fingerprint density at radius 2 is 2.12 bits per heavy atom. The van der Waals surface area contributed by atoms with Gasteiger partial charge >= 0.3 is 0 Å². The summed E-state index contributed by atoms with van der Waals surface area (Å²) in [6, 6.07) is -0.0800. The minimum Gasteiger partial charge on any atom is -0.337 e. The van der Waals surface area contributed by atoms with Crippen LogP contribution in [0.3, 0.4) is 0 Å². The molecule has 1 amide bonds. The molecule has 3 rings (SSSR count). The lowest BCUT2D eigenvalue weighted by Gasteiger charge is -2.22. The van der Waals surface area contributed by atoms with E-state index in [0.717, 1.165) is 30.8 Å². The normalized spacial score (nSPS) is 17.7. The Hall–Kier alpha value is -2.18. The summed E-state index contributed by atoms with van der Waals surface area (Å²) in [4.78, 5) is 19.2. The molecule has 7 heteroatoms. The fraction of sp³-hybridized carbons (Fsp3) is 0.667. The predicted molar refractivity (Wildman–Crippen MR) is 93.1 cm³/mol. The van der Waals surface area contributed by atoms with Crippen molar-refractivity contribution in [2.45, 2.75) is 65.3 Å². The van der Waals surface area contributed by atoms with Crippen molar-refractivity contribution in [2.24, 2.45) is 7.05 Å². The number of rotatable bonds is 5. The van der Waals surface area contributed by atoms with Crippen LogP contribution in [0.2, 0.25) is 0 Å². The number of hydrogen-bond donors (Lipinski definition) is 0. The number of carbonyl (C=O) groups excluding carboxylic acids is 1. The number of aryl methyl sites for hydroxylation is 2. The molecule has 1 saturated heterocycles. The van der Waals surface area contributed by atoms with E-state index >= 15 is 0 Å². The van der Waals surface area contributed by atoms with E-state index in [0.29, 0.717) is 24.6 Å². The highest BCUT2D eigenvalue weighted by Gasteiger charge is 2.34. The van der Waals surface area contributed by atoms with Gasteiger partial charge in [0.25, 0.3) is 0 Å². The molecule has 0 spiro atoms. The monoisotopic (exact) mass is 345 g/mol. The Bertz CT molecular complexity index is 762. The standard InChI is InChI=1S/C18H27N5O2/c1-11(2)17-19-18(25-21-17)15-7-6-10-23(15)16(24)9-8-14-12(3)20-22(5)13(14)4/h11,15H,6-10H2,1-5H3/t15-/m0/s1. The first-order chi connectivity index (χ1) is 11.9. The Morgan fingerprint density at radius 1 is 1.36 bits per heavy atom. The molecule has 0 bridgehead atoms. The van der Waals surface area contributed by atoms with Crippen molar-refractivity contribution in [1.29, 1.82) is 0 Å². The first kappa shape index (κ1) is 17.6. The van der Waals surface area contributed by atoms with Crippen molar-refractivity contribution in [2.75, 3.05) is 6.54 Å². The lowest BCUT2D eigenvalue weighted by Crippen LogP contribution is -2.31. The van der Waals surface area contributed by atoms with Crippen molar-refractivity contribution in [3.63, 3.8) is 0 Å². The molecule has 25 heavy (non-hydrogen) atoms. The van der Waals surface area contributed by atoms with Crippen LogP contribution in [-0.4, -0.2) is 37.3 Å². The van der Waals surface area contributed by atoms with Crippen molar-refractivity contribution < 1.29 is 9.32 Å². The largest absolute Gasteiger partial charge is 0.337 e. The van der Waals surface area contributed by atoms with Crippen LogP contribution in [0.25, 0.3) is 0 Å². The first-order valence-corrected chi connectivity index (χ1v) is 9.00. The highest BCUT2D eigenvalue weighted by atomic mass is 16.5. The summed E-state index contributed by atoms with van der Waals surface area (Å²) >= 11 is 0. The van der Waals surface area contributed by atoms with Gasteiger partial charge in [0.1, 0.15) is 6.04 Å². The van der Waals surface area contributed by atoms with Gasteiger partial charge in [0.05, 0.1) is 5.69 Å². The molecule has 0 unspecified atom stereocenters. The van der Waals surface area contributed by atoms with Gasteiger partial charge in [-0.05, 0) is 38.7 Å². The topological polar surface area (TPSA) is 77.1 Å². The molecule has 2 aromatic rings. The van der Waals surface area contributed by atoms with Crippen molar-refractivity contribution in [1.82, 2.24) is 24.8 Å². The number of nitrogens with zero attached hydrogens (tertiary/aromatic N) is 5. The van der Waals surface area contributed by atoms with Gasteiger partial charge in [-0.2, -0.15) is 10.1 Å². The SMILES string of the molecule is Cc1nn(C)c(C)c1CCC(=O)N1CCC[C@H]1c1nc(C(C)C)no1. The molecule has 2 aromatic heterocycles. The van der Waals surface area contributed by atoms with Crippen molar-refractivity contribution in [3.05, 3.63) is 28.7 Å².